The molecule has 6 heteroatoms. The molecular formula is C18H26N2O3S. The van der Waals surface area contributed by atoms with Crippen LogP contribution >= 0.6 is 0 Å². The van der Waals surface area contributed by atoms with E-state index in [2.05, 4.69) is 5.32 Å². The van der Waals surface area contributed by atoms with Gasteiger partial charge < -0.3 is 5.32 Å². The number of hydrogen-bond acceptors (Lipinski definition) is 3. The van der Waals surface area contributed by atoms with Crippen molar-refractivity contribution in [3.05, 3.63) is 30.3 Å². The van der Waals surface area contributed by atoms with Gasteiger partial charge in [0, 0.05) is 25.6 Å². The largest absolute Gasteiger partial charge is 0.353 e. The first-order chi connectivity index (χ1) is 11.6. The van der Waals surface area contributed by atoms with Crippen LogP contribution in [0.3, 0.4) is 0 Å². The van der Waals surface area contributed by atoms with Gasteiger partial charge in [-0.1, -0.05) is 31.0 Å². The Balaban J connectivity index is 1.49. The van der Waals surface area contributed by atoms with E-state index in [-0.39, 0.29) is 11.8 Å². The van der Waals surface area contributed by atoms with Gasteiger partial charge in [-0.2, -0.15) is 4.31 Å². The molecule has 1 heterocycles. The molecule has 1 amide bonds. The number of nitrogens with one attached hydrogen (secondary N) is 1. The van der Waals surface area contributed by atoms with Gasteiger partial charge in [-0.05, 0) is 43.7 Å². The maximum Gasteiger partial charge on any atom is 0.243 e. The average Bonchev–Trinajstić information content (AvgIpc) is 3.09. The summed E-state index contributed by atoms with van der Waals surface area (Å²) in [6, 6.07) is 8.93. The van der Waals surface area contributed by atoms with E-state index >= 15 is 0 Å². The zero-order chi connectivity index (χ0) is 17.0. The van der Waals surface area contributed by atoms with Crippen molar-refractivity contribution in [2.75, 3.05) is 13.1 Å². The third kappa shape index (κ3) is 4.16. The van der Waals surface area contributed by atoms with E-state index in [4.69, 9.17) is 0 Å². The number of piperidine rings is 1. The maximum atomic E-state index is 12.6. The van der Waals surface area contributed by atoms with Crippen molar-refractivity contribution < 1.29 is 13.2 Å². The maximum absolute atomic E-state index is 12.6. The highest BCUT2D eigenvalue weighted by Gasteiger charge is 2.30. The fourth-order valence-corrected chi connectivity index (χ4v) is 5.20. The summed E-state index contributed by atoms with van der Waals surface area (Å²) in [6.07, 6.45) is 6.64. The molecule has 3 rings (SSSR count). The molecule has 1 saturated heterocycles. The molecule has 2 aliphatic rings. The van der Waals surface area contributed by atoms with E-state index in [1.54, 1.807) is 28.6 Å². The molecule has 1 N–H and O–H groups in total. The second-order valence-electron chi connectivity index (χ2n) is 6.91. The van der Waals surface area contributed by atoms with Gasteiger partial charge in [-0.15, -0.1) is 0 Å². The van der Waals surface area contributed by atoms with Crippen LogP contribution in [0, 0.1) is 5.92 Å². The predicted molar refractivity (Wildman–Crippen MR) is 92.9 cm³/mol. The van der Waals surface area contributed by atoms with Crippen molar-refractivity contribution in [3.8, 4) is 0 Å². The van der Waals surface area contributed by atoms with Crippen molar-refractivity contribution in [1.82, 2.24) is 9.62 Å². The molecule has 0 unspecified atom stereocenters. The number of carbonyl (C=O) groups is 1. The Morgan fingerprint density at radius 1 is 1.04 bits per heavy atom. The third-order valence-electron chi connectivity index (χ3n) is 5.15. The van der Waals surface area contributed by atoms with Gasteiger partial charge in [-0.25, -0.2) is 8.42 Å². The average molecular weight is 350 g/mol. The molecular weight excluding hydrogens is 324 g/mol. The summed E-state index contributed by atoms with van der Waals surface area (Å²) in [5, 5.41) is 3.12. The summed E-state index contributed by atoms with van der Waals surface area (Å²) in [5.74, 6) is 0.417. The first kappa shape index (κ1) is 17.4. The van der Waals surface area contributed by atoms with Crippen molar-refractivity contribution in [2.45, 2.75) is 55.9 Å². The van der Waals surface area contributed by atoms with Crippen LogP contribution < -0.4 is 5.32 Å². The third-order valence-corrected chi connectivity index (χ3v) is 7.06. The van der Waals surface area contributed by atoms with E-state index < -0.39 is 10.0 Å². The van der Waals surface area contributed by atoms with Gasteiger partial charge in [0.2, 0.25) is 15.9 Å². The molecule has 0 bridgehead atoms. The van der Waals surface area contributed by atoms with Gasteiger partial charge in [0.25, 0.3) is 0 Å². The summed E-state index contributed by atoms with van der Waals surface area (Å²) in [5.41, 5.74) is 0. The molecule has 24 heavy (non-hydrogen) atoms. The topological polar surface area (TPSA) is 66.5 Å². The number of nitrogens with zero attached hydrogens (tertiary/aromatic N) is 1. The summed E-state index contributed by atoms with van der Waals surface area (Å²) in [7, 11) is -3.40. The Morgan fingerprint density at radius 3 is 2.29 bits per heavy atom. The standard InChI is InChI=1S/C18H26N2O3S/c21-18(19-16-6-4-5-7-16)14-15-10-12-20(13-11-15)24(22,23)17-8-2-1-3-9-17/h1-3,8-9,15-16H,4-7,10-14H2,(H,19,21). The lowest BCUT2D eigenvalue weighted by atomic mass is 9.94. The van der Waals surface area contributed by atoms with E-state index in [0.29, 0.717) is 30.4 Å². The molecule has 132 valence electrons. The minimum Gasteiger partial charge on any atom is -0.353 e. The summed E-state index contributed by atoms with van der Waals surface area (Å²) in [4.78, 5) is 12.5. The quantitative estimate of drug-likeness (QED) is 0.887. The first-order valence-electron chi connectivity index (χ1n) is 8.90. The van der Waals surface area contributed by atoms with Crippen LogP contribution in [0.15, 0.2) is 35.2 Å². The number of benzene rings is 1. The van der Waals surface area contributed by atoms with E-state index in [1.165, 1.54) is 12.8 Å². The Bertz CT molecular complexity index is 646. The summed E-state index contributed by atoms with van der Waals surface area (Å²) >= 11 is 0. The number of hydrogen-bond donors (Lipinski definition) is 1. The lowest BCUT2D eigenvalue weighted by Crippen LogP contribution is -2.40. The van der Waals surface area contributed by atoms with E-state index in [9.17, 15) is 13.2 Å². The SMILES string of the molecule is O=C(CC1CCN(S(=O)(=O)c2ccccc2)CC1)NC1CCCC1. The van der Waals surface area contributed by atoms with Gasteiger partial charge in [0.1, 0.15) is 0 Å². The van der Waals surface area contributed by atoms with Gasteiger partial charge in [0.15, 0.2) is 0 Å². The molecule has 1 aliphatic heterocycles. The zero-order valence-corrected chi connectivity index (χ0v) is 14.8. The predicted octanol–water partition coefficient (Wildman–Crippen LogP) is 2.54. The van der Waals surface area contributed by atoms with Crippen LogP contribution in [-0.4, -0.2) is 37.8 Å². The van der Waals surface area contributed by atoms with E-state index in [1.807, 2.05) is 6.07 Å². The minimum atomic E-state index is -3.40. The van der Waals surface area contributed by atoms with Gasteiger partial charge in [-0.3, -0.25) is 4.79 Å². The Labute approximate surface area is 144 Å². The lowest BCUT2D eigenvalue weighted by Gasteiger charge is -2.31. The van der Waals surface area contributed by atoms with Crippen molar-refractivity contribution >= 4 is 15.9 Å². The summed E-state index contributed by atoms with van der Waals surface area (Å²) < 4.78 is 26.7. The fraction of sp³-hybridized carbons (Fsp3) is 0.611. The second kappa shape index (κ2) is 7.66. The summed E-state index contributed by atoms with van der Waals surface area (Å²) in [6.45, 7) is 0.997. The Morgan fingerprint density at radius 2 is 1.67 bits per heavy atom. The van der Waals surface area contributed by atoms with Crippen LogP contribution in [0.4, 0.5) is 0 Å². The normalized spacial score (nSPS) is 21.0. The highest BCUT2D eigenvalue weighted by Crippen LogP contribution is 2.26. The van der Waals surface area contributed by atoms with Crippen LogP contribution in [-0.2, 0) is 14.8 Å². The number of carbonyl (C=O) groups excluding carboxylic acids is 1. The van der Waals surface area contributed by atoms with Crippen LogP contribution in [0.1, 0.15) is 44.9 Å². The number of rotatable bonds is 5. The van der Waals surface area contributed by atoms with Crippen LogP contribution in [0.5, 0.6) is 0 Å². The minimum absolute atomic E-state index is 0.131. The molecule has 1 aromatic rings. The van der Waals surface area contributed by atoms with Gasteiger partial charge >= 0.3 is 0 Å². The highest BCUT2D eigenvalue weighted by atomic mass is 32.2. The lowest BCUT2D eigenvalue weighted by molar-refractivity contribution is -0.122. The number of sulfonamides is 1. The molecule has 1 saturated carbocycles. The molecule has 0 radical (unpaired) electrons. The Hall–Kier alpha value is -1.40. The highest BCUT2D eigenvalue weighted by molar-refractivity contribution is 7.89. The smallest absolute Gasteiger partial charge is 0.243 e. The first-order valence-corrected chi connectivity index (χ1v) is 10.3. The second-order valence-corrected chi connectivity index (χ2v) is 8.85. The Kier molecular flexibility index (Phi) is 5.56. The van der Waals surface area contributed by atoms with Crippen LogP contribution in [0.2, 0.25) is 0 Å². The van der Waals surface area contributed by atoms with Crippen molar-refractivity contribution in [3.63, 3.8) is 0 Å². The molecule has 5 nitrogen and oxygen atoms in total. The monoisotopic (exact) mass is 350 g/mol. The molecule has 2 fully saturated rings. The molecule has 1 aliphatic carbocycles. The van der Waals surface area contributed by atoms with Crippen molar-refractivity contribution in [2.24, 2.45) is 5.92 Å². The molecule has 1 aromatic carbocycles. The molecule has 0 spiro atoms. The molecule has 0 atom stereocenters. The fourth-order valence-electron chi connectivity index (χ4n) is 3.71. The van der Waals surface area contributed by atoms with Crippen molar-refractivity contribution in [1.29, 1.82) is 0 Å². The van der Waals surface area contributed by atoms with E-state index in [0.717, 1.165) is 25.7 Å². The van der Waals surface area contributed by atoms with Crippen LogP contribution in [0.25, 0.3) is 0 Å². The molecule has 0 aromatic heterocycles. The number of amides is 1. The zero-order valence-electron chi connectivity index (χ0n) is 14.0. The van der Waals surface area contributed by atoms with Gasteiger partial charge in [0.05, 0.1) is 4.90 Å².